The topological polar surface area (TPSA) is 38.0 Å². The van der Waals surface area contributed by atoms with Crippen LogP contribution in [0.15, 0.2) is 42.5 Å². The number of nitrogens with two attached hydrogens (primary N) is 1. The Morgan fingerprint density at radius 3 is 2.44 bits per heavy atom. The molecule has 18 heavy (non-hydrogen) atoms. The maximum Gasteiger partial charge on any atom is 0.128 e. The Hall–Kier alpha value is -1.58. The standard InChI is InChI=1S/C14H14ClFN2/c1-18-14(9-2-5-11(17)6-3-9)12-8-10(15)4-7-13(12)16/h2-8,14,18H,17H2,1H3. The molecule has 0 aliphatic rings. The Bertz CT molecular complexity index is 540. The van der Waals surface area contributed by atoms with E-state index in [1.807, 2.05) is 12.1 Å². The average molecular weight is 265 g/mol. The second kappa shape index (κ2) is 5.38. The van der Waals surface area contributed by atoms with E-state index in [0.717, 1.165) is 5.56 Å². The number of hydrogen-bond donors (Lipinski definition) is 2. The smallest absolute Gasteiger partial charge is 0.128 e. The third-order valence-electron chi connectivity index (χ3n) is 2.83. The minimum atomic E-state index is -0.282. The molecule has 0 aliphatic carbocycles. The van der Waals surface area contributed by atoms with Crippen molar-refractivity contribution >= 4 is 17.3 Å². The third-order valence-corrected chi connectivity index (χ3v) is 3.06. The highest BCUT2D eigenvalue weighted by molar-refractivity contribution is 6.30. The largest absolute Gasteiger partial charge is 0.399 e. The molecule has 0 bridgehead atoms. The van der Waals surface area contributed by atoms with Crippen LogP contribution in [-0.4, -0.2) is 7.05 Å². The highest BCUT2D eigenvalue weighted by Crippen LogP contribution is 2.27. The van der Waals surface area contributed by atoms with Crippen molar-refractivity contribution in [3.8, 4) is 0 Å². The molecule has 0 fully saturated rings. The van der Waals surface area contributed by atoms with E-state index >= 15 is 0 Å². The maximum absolute atomic E-state index is 13.8. The summed E-state index contributed by atoms with van der Waals surface area (Å²) < 4.78 is 13.8. The van der Waals surface area contributed by atoms with E-state index < -0.39 is 0 Å². The molecule has 0 amide bonds. The van der Waals surface area contributed by atoms with Gasteiger partial charge in [-0.15, -0.1) is 0 Å². The number of anilines is 1. The lowest BCUT2D eigenvalue weighted by atomic mass is 9.98. The van der Waals surface area contributed by atoms with Gasteiger partial charge in [-0.2, -0.15) is 0 Å². The van der Waals surface area contributed by atoms with Gasteiger partial charge in [-0.1, -0.05) is 23.7 Å². The molecule has 2 aromatic rings. The Balaban J connectivity index is 2.44. The summed E-state index contributed by atoms with van der Waals surface area (Å²) in [6.07, 6.45) is 0. The fraction of sp³-hybridized carbons (Fsp3) is 0.143. The maximum atomic E-state index is 13.8. The summed E-state index contributed by atoms with van der Waals surface area (Å²) in [5.74, 6) is -0.282. The van der Waals surface area contributed by atoms with E-state index in [2.05, 4.69) is 5.32 Å². The van der Waals surface area contributed by atoms with Gasteiger partial charge in [0.05, 0.1) is 6.04 Å². The van der Waals surface area contributed by atoms with Crippen LogP contribution >= 0.6 is 11.6 Å². The molecule has 2 aromatic carbocycles. The van der Waals surface area contributed by atoms with Gasteiger partial charge in [-0.3, -0.25) is 0 Å². The summed E-state index contributed by atoms with van der Waals surface area (Å²) in [6.45, 7) is 0. The summed E-state index contributed by atoms with van der Waals surface area (Å²) in [5, 5.41) is 3.60. The molecule has 0 saturated heterocycles. The first-order valence-corrected chi connectivity index (χ1v) is 5.97. The van der Waals surface area contributed by atoms with Crippen molar-refractivity contribution < 1.29 is 4.39 Å². The van der Waals surface area contributed by atoms with Gasteiger partial charge in [-0.05, 0) is 42.9 Å². The van der Waals surface area contributed by atoms with Crippen molar-refractivity contribution in [2.75, 3.05) is 12.8 Å². The minimum Gasteiger partial charge on any atom is -0.399 e. The fourth-order valence-corrected chi connectivity index (χ4v) is 2.11. The number of hydrogen-bond acceptors (Lipinski definition) is 2. The Kier molecular flexibility index (Phi) is 3.84. The molecule has 94 valence electrons. The molecule has 0 aliphatic heterocycles. The predicted molar refractivity (Wildman–Crippen MR) is 73.2 cm³/mol. The van der Waals surface area contributed by atoms with E-state index in [1.165, 1.54) is 12.1 Å². The zero-order valence-electron chi connectivity index (χ0n) is 9.95. The molecule has 1 unspecified atom stereocenters. The van der Waals surface area contributed by atoms with Crippen LogP contribution in [0, 0.1) is 5.82 Å². The SMILES string of the molecule is CNC(c1ccc(N)cc1)c1cc(Cl)ccc1F. The molecular formula is C14H14ClFN2. The van der Waals surface area contributed by atoms with E-state index in [1.54, 1.807) is 25.2 Å². The van der Waals surface area contributed by atoms with Gasteiger partial charge in [-0.25, -0.2) is 4.39 Å². The Morgan fingerprint density at radius 1 is 1.17 bits per heavy atom. The van der Waals surface area contributed by atoms with Crippen molar-refractivity contribution in [2.45, 2.75) is 6.04 Å². The minimum absolute atomic E-state index is 0.246. The van der Waals surface area contributed by atoms with Crippen molar-refractivity contribution in [3.05, 3.63) is 64.4 Å². The second-order valence-corrected chi connectivity index (χ2v) is 4.49. The van der Waals surface area contributed by atoms with Gasteiger partial charge >= 0.3 is 0 Å². The van der Waals surface area contributed by atoms with Crippen molar-refractivity contribution in [2.24, 2.45) is 0 Å². The van der Waals surface area contributed by atoms with Gasteiger partial charge in [0.15, 0.2) is 0 Å². The second-order valence-electron chi connectivity index (χ2n) is 4.05. The van der Waals surface area contributed by atoms with Crippen LogP contribution in [0.2, 0.25) is 5.02 Å². The van der Waals surface area contributed by atoms with E-state index in [9.17, 15) is 4.39 Å². The van der Waals surface area contributed by atoms with Crippen molar-refractivity contribution in [3.63, 3.8) is 0 Å². The van der Waals surface area contributed by atoms with Crippen LogP contribution in [0.5, 0.6) is 0 Å². The number of halogens is 2. The first kappa shape index (κ1) is 12.9. The highest BCUT2D eigenvalue weighted by Gasteiger charge is 2.16. The van der Waals surface area contributed by atoms with E-state index in [4.69, 9.17) is 17.3 Å². The lowest BCUT2D eigenvalue weighted by Crippen LogP contribution is -2.19. The summed E-state index contributed by atoms with van der Waals surface area (Å²) in [5.41, 5.74) is 7.79. The number of benzene rings is 2. The van der Waals surface area contributed by atoms with Gasteiger partial charge in [0.1, 0.15) is 5.82 Å². The molecule has 0 aromatic heterocycles. The highest BCUT2D eigenvalue weighted by atomic mass is 35.5. The zero-order valence-corrected chi connectivity index (χ0v) is 10.7. The molecule has 3 N–H and O–H groups in total. The van der Waals surface area contributed by atoms with Gasteiger partial charge in [0.25, 0.3) is 0 Å². The van der Waals surface area contributed by atoms with E-state index in [-0.39, 0.29) is 11.9 Å². The summed E-state index contributed by atoms with van der Waals surface area (Å²) in [7, 11) is 1.78. The number of nitrogen functional groups attached to an aromatic ring is 1. The molecule has 2 nitrogen and oxygen atoms in total. The fourth-order valence-electron chi connectivity index (χ4n) is 1.93. The molecule has 1 atom stereocenters. The Morgan fingerprint density at radius 2 is 1.83 bits per heavy atom. The van der Waals surface area contributed by atoms with Gasteiger partial charge in [0.2, 0.25) is 0 Å². The quantitative estimate of drug-likeness (QED) is 0.834. The lowest BCUT2D eigenvalue weighted by molar-refractivity contribution is 0.576. The van der Waals surface area contributed by atoms with Crippen molar-refractivity contribution in [1.29, 1.82) is 0 Å². The average Bonchev–Trinajstić information content (AvgIpc) is 2.37. The number of nitrogens with one attached hydrogen (secondary N) is 1. The third kappa shape index (κ3) is 2.63. The lowest BCUT2D eigenvalue weighted by Gasteiger charge is -2.18. The zero-order chi connectivity index (χ0) is 13.1. The predicted octanol–water partition coefficient (Wildman–Crippen LogP) is 3.37. The first-order chi connectivity index (χ1) is 8.61. The molecule has 0 spiro atoms. The van der Waals surface area contributed by atoms with Gasteiger partial charge in [0, 0.05) is 16.3 Å². The molecular weight excluding hydrogens is 251 g/mol. The van der Waals surface area contributed by atoms with Crippen LogP contribution in [0.3, 0.4) is 0 Å². The molecule has 0 saturated carbocycles. The normalized spacial score (nSPS) is 12.4. The molecule has 2 rings (SSSR count). The molecule has 0 heterocycles. The van der Waals surface area contributed by atoms with Crippen molar-refractivity contribution in [1.82, 2.24) is 5.32 Å². The Labute approximate surface area is 111 Å². The molecule has 0 radical (unpaired) electrons. The number of rotatable bonds is 3. The van der Waals surface area contributed by atoms with E-state index in [0.29, 0.717) is 16.3 Å². The van der Waals surface area contributed by atoms with Gasteiger partial charge < -0.3 is 11.1 Å². The van der Waals surface area contributed by atoms with Crippen LogP contribution in [0.1, 0.15) is 17.2 Å². The summed E-state index contributed by atoms with van der Waals surface area (Å²) in [4.78, 5) is 0. The monoisotopic (exact) mass is 264 g/mol. The van der Waals surface area contributed by atoms with Crippen LogP contribution in [0.4, 0.5) is 10.1 Å². The first-order valence-electron chi connectivity index (χ1n) is 5.59. The van der Waals surface area contributed by atoms with Crippen LogP contribution in [-0.2, 0) is 0 Å². The summed E-state index contributed by atoms with van der Waals surface area (Å²) in [6, 6.07) is 11.6. The summed E-state index contributed by atoms with van der Waals surface area (Å²) >= 11 is 5.92. The molecule has 4 heteroatoms. The van der Waals surface area contributed by atoms with Crippen LogP contribution < -0.4 is 11.1 Å². The van der Waals surface area contributed by atoms with Crippen LogP contribution in [0.25, 0.3) is 0 Å².